The van der Waals surface area contributed by atoms with Crippen LogP contribution in [0.15, 0.2) is 14.0 Å². The van der Waals surface area contributed by atoms with Crippen molar-refractivity contribution in [3.63, 3.8) is 0 Å². The average Bonchev–Trinajstić information content (AvgIpc) is 2.57. The Morgan fingerprint density at radius 3 is 2.38 bits per heavy atom. The number of nitrogens with one attached hydrogen (secondary N) is 1. The zero-order valence-corrected chi connectivity index (χ0v) is 16.8. The number of benzene rings is 1. The molecule has 1 aromatic rings. The van der Waals surface area contributed by atoms with Gasteiger partial charge >= 0.3 is 0 Å². The van der Waals surface area contributed by atoms with Gasteiger partial charge in [-0.15, -0.1) is 0 Å². The van der Waals surface area contributed by atoms with Gasteiger partial charge in [-0.2, -0.15) is 5.06 Å². The largest absolute Gasteiger partial charge is 0.506 e. The molecule has 2 amide bonds. The number of rotatable bonds is 1. The Morgan fingerprint density at radius 1 is 1.19 bits per heavy atom. The molecule has 11 heteroatoms. The number of nitrogens with zero attached hydrogens (tertiary/aromatic N) is 2. The topological polar surface area (TPSA) is 131 Å². The fraction of sp³-hybridized carbons (Fsp3) is 0.267. The molecule has 0 bridgehead atoms. The van der Waals surface area contributed by atoms with E-state index in [-0.39, 0.29) is 37.4 Å². The molecule has 8 nitrogen and oxygen atoms in total. The summed E-state index contributed by atoms with van der Waals surface area (Å²) in [7, 11) is 0. The second kappa shape index (κ2) is 5.77. The molecule has 1 aliphatic carbocycles. The number of carbonyl (C=O) groups excluding carboxylic acids is 2. The van der Waals surface area contributed by atoms with Crippen molar-refractivity contribution in [1.82, 2.24) is 9.96 Å². The lowest BCUT2D eigenvalue weighted by molar-refractivity contribution is -0.154. The van der Waals surface area contributed by atoms with Crippen LogP contribution >= 0.6 is 43.5 Å². The van der Waals surface area contributed by atoms with Crippen molar-refractivity contribution < 1.29 is 19.9 Å². The van der Waals surface area contributed by atoms with Crippen LogP contribution in [0.25, 0.3) is 5.70 Å². The Bertz CT molecular complexity index is 958. The van der Waals surface area contributed by atoms with Gasteiger partial charge in [0, 0.05) is 29.2 Å². The third-order valence-corrected chi connectivity index (χ3v) is 7.22. The van der Waals surface area contributed by atoms with Crippen molar-refractivity contribution in [2.75, 3.05) is 13.1 Å². The third-order valence-electron chi connectivity index (χ3n) is 4.74. The van der Waals surface area contributed by atoms with Crippen molar-refractivity contribution in [3.05, 3.63) is 30.7 Å². The van der Waals surface area contributed by atoms with E-state index in [1.54, 1.807) is 0 Å². The average molecular weight is 507 g/mol. The predicted molar refractivity (Wildman–Crippen MR) is 99.3 cm³/mol. The summed E-state index contributed by atoms with van der Waals surface area (Å²) in [6.45, 7) is 0.994. The monoisotopic (exact) mass is 504 g/mol. The van der Waals surface area contributed by atoms with Gasteiger partial charge < -0.3 is 21.1 Å². The molecule has 1 fully saturated rings. The number of likely N-dealkylation sites (tertiary alicyclic amines) is 1. The van der Waals surface area contributed by atoms with Gasteiger partial charge in [0.15, 0.2) is 0 Å². The van der Waals surface area contributed by atoms with E-state index in [0.717, 1.165) is 0 Å². The predicted octanol–water partition coefficient (Wildman–Crippen LogP) is 1.96. The number of hydrogen-bond acceptors (Lipinski definition) is 7. The molecule has 2 aliphatic heterocycles. The van der Waals surface area contributed by atoms with Crippen LogP contribution < -0.4 is 5.73 Å². The van der Waals surface area contributed by atoms with E-state index in [0.29, 0.717) is 28.8 Å². The number of amides is 2. The van der Waals surface area contributed by atoms with Crippen LogP contribution in [0.2, 0.25) is 0 Å². The summed E-state index contributed by atoms with van der Waals surface area (Å²) in [5.74, 6) is -3.76. The lowest BCUT2D eigenvalue weighted by Crippen LogP contribution is -2.56. The molecule has 1 unspecified atom stereocenters. The number of imide groups is 1. The van der Waals surface area contributed by atoms with Crippen LogP contribution in [0.1, 0.15) is 27.4 Å². The fourth-order valence-corrected chi connectivity index (χ4v) is 4.82. The van der Waals surface area contributed by atoms with E-state index in [1.165, 1.54) is 0 Å². The van der Waals surface area contributed by atoms with Gasteiger partial charge in [-0.1, -0.05) is 11.6 Å². The Hall–Kier alpha value is -1.46. The quantitative estimate of drug-likeness (QED) is 0.340. The Kier molecular flexibility index (Phi) is 3.98. The maximum absolute atomic E-state index is 12.5. The summed E-state index contributed by atoms with van der Waals surface area (Å²) in [6.07, 6.45) is 0. The minimum absolute atomic E-state index is 0.0368. The van der Waals surface area contributed by atoms with Gasteiger partial charge in [-0.3, -0.25) is 14.8 Å². The first-order valence-corrected chi connectivity index (χ1v) is 9.43. The summed E-state index contributed by atoms with van der Waals surface area (Å²) >= 11 is 13.0. The summed E-state index contributed by atoms with van der Waals surface area (Å²) in [4.78, 5) is 26.8. The number of aromatic hydroxyl groups is 1. The second-order valence-corrected chi connectivity index (χ2v) is 8.23. The number of halogens is 3. The lowest BCUT2D eigenvalue weighted by Gasteiger charge is -2.45. The molecule has 136 valence electrons. The fourth-order valence-electron chi connectivity index (χ4n) is 3.51. The van der Waals surface area contributed by atoms with Crippen molar-refractivity contribution in [1.29, 1.82) is 5.41 Å². The zero-order valence-electron chi connectivity index (χ0n) is 12.9. The van der Waals surface area contributed by atoms with Crippen LogP contribution in [0, 0.1) is 5.41 Å². The first kappa shape index (κ1) is 17.9. The molecule has 26 heavy (non-hydrogen) atoms. The number of phenolic OH excluding ortho intramolecular Hbond substituents is 1. The summed E-state index contributed by atoms with van der Waals surface area (Å²) in [5, 5.41) is 28.6. The number of hydroxylamine groups is 2. The molecule has 4 rings (SSSR count). The zero-order chi connectivity index (χ0) is 19.1. The number of phenols is 1. The van der Waals surface area contributed by atoms with Crippen LogP contribution in [0.4, 0.5) is 0 Å². The Balaban J connectivity index is 2.11. The first-order chi connectivity index (χ1) is 12.2. The SMILES string of the molecule is N=C1C(Cl)=C(N2CC(N)C2)c2c(Br)c(Br)c(O)c3c2C1C(=O)N(O)C3=O. The minimum atomic E-state index is -1.29. The van der Waals surface area contributed by atoms with E-state index in [9.17, 15) is 19.9 Å². The molecule has 1 saturated heterocycles. The molecular weight excluding hydrogens is 495 g/mol. The van der Waals surface area contributed by atoms with Gasteiger partial charge in [-0.05, 0) is 37.4 Å². The highest BCUT2D eigenvalue weighted by Crippen LogP contribution is 2.53. The molecule has 0 radical (unpaired) electrons. The van der Waals surface area contributed by atoms with E-state index in [2.05, 4.69) is 31.9 Å². The van der Waals surface area contributed by atoms with Gasteiger partial charge in [-0.25, -0.2) is 0 Å². The number of hydrogen-bond donors (Lipinski definition) is 4. The maximum Gasteiger partial charge on any atom is 0.288 e. The van der Waals surface area contributed by atoms with E-state index >= 15 is 0 Å². The molecule has 1 aromatic carbocycles. The van der Waals surface area contributed by atoms with Crippen molar-refractivity contribution in [2.24, 2.45) is 5.73 Å². The highest BCUT2D eigenvalue weighted by atomic mass is 79.9. The Morgan fingerprint density at radius 2 is 1.81 bits per heavy atom. The van der Waals surface area contributed by atoms with Crippen molar-refractivity contribution in [2.45, 2.75) is 12.0 Å². The van der Waals surface area contributed by atoms with Crippen molar-refractivity contribution >= 4 is 66.7 Å². The smallest absolute Gasteiger partial charge is 0.288 e. The summed E-state index contributed by atoms with van der Waals surface area (Å²) in [5.41, 5.74) is 6.41. The molecule has 0 spiro atoms. The number of allylic oxidation sites excluding steroid dienone is 1. The molecule has 3 aliphatic rings. The maximum atomic E-state index is 12.5. The molecule has 1 atom stereocenters. The van der Waals surface area contributed by atoms with Crippen LogP contribution in [0.3, 0.4) is 0 Å². The van der Waals surface area contributed by atoms with Gasteiger partial charge in [0.2, 0.25) is 0 Å². The van der Waals surface area contributed by atoms with Crippen LogP contribution in [0.5, 0.6) is 5.75 Å². The Labute approximate surface area is 168 Å². The second-order valence-electron chi connectivity index (χ2n) is 6.27. The first-order valence-electron chi connectivity index (χ1n) is 7.47. The highest BCUT2D eigenvalue weighted by molar-refractivity contribution is 9.13. The summed E-state index contributed by atoms with van der Waals surface area (Å²) in [6, 6.07) is -0.0507. The van der Waals surface area contributed by atoms with E-state index < -0.39 is 23.5 Å². The van der Waals surface area contributed by atoms with Crippen molar-refractivity contribution in [3.8, 4) is 5.75 Å². The number of nitrogens with two attached hydrogens (primary N) is 1. The van der Waals surface area contributed by atoms with E-state index in [4.69, 9.17) is 22.7 Å². The van der Waals surface area contributed by atoms with Crippen LogP contribution in [-0.2, 0) is 4.79 Å². The number of carbonyl (C=O) groups is 2. The molecular formula is C15H11Br2ClN4O4. The normalized spacial score (nSPS) is 22.8. The summed E-state index contributed by atoms with van der Waals surface area (Å²) < 4.78 is 0.577. The van der Waals surface area contributed by atoms with Crippen LogP contribution in [-0.4, -0.2) is 56.9 Å². The van der Waals surface area contributed by atoms with Gasteiger partial charge in [0.1, 0.15) is 11.7 Å². The van der Waals surface area contributed by atoms with Gasteiger partial charge in [0.25, 0.3) is 11.8 Å². The molecule has 0 aromatic heterocycles. The minimum Gasteiger partial charge on any atom is -0.506 e. The standard InChI is InChI=1S/C15H11Br2ClN4O4/c16-8-5-4-6(11(20)10(18)12(5)21-1-3(19)2-21)14(24)22(26)15(25)7(4)13(23)9(8)17/h3,6,20,23,26H,1-2,19H2. The molecule has 0 saturated carbocycles. The molecule has 5 N–H and O–H groups in total. The van der Waals surface area contributed by atoms with E-state index in [1.807, 2.05) is 4.90 Å². The molecule has 2 heterocycles. The van der Waals surface area contributed by atoms with Gasteiger partial charge in [0.05, 0.1) is 26.5 Å². The highest BCUT2D eigenvalue weighted by Gasteiger charge is 2.50. The third kappa shape index (κ3) is 2.10. The lowest BCUT2D eigenvalue weighted by atomic mass is 9.77.